The van der Waals surface area contributed by atoms with Crippen molar-refractivity contribution in [3.05, 3.63) is 29.6 Å². The average molecular weight is 263 g/mol. The molecule has 1 saturated heterocycles. The van der Waals surface area contributed by atoms with E-state index in [1.165, 1.54) is 0 Å². The maximum atomic E-state index is 11.9. The summed E-state index contributed by atoms with van der Waals surface area (Å²) in [6.07, 6.45) is 3.25. The minimum atomic E-state index is -0.0619. The van der Waals surface area contributed by atoms with E-state index in [9.17, 15) is 4.79 Å². The van der Waals surface area contributed by atoms with Crippen molar-refractivity contribution in [3.8, 4) is 0 Å². The molecule has 5 nitrogen and oxygen atoms in total. The second kappa shape index (κ2) is 6.63. The first-order valence-electron chi connectivity index (χ1n) is 6.75. The van der Waals surface area contributed by atoms with Gasteiger partial charge in [0.2, 0.25) is 5.91 Å². The standard InChI is InChI=1S/C14H21N3O2/c1-11-5-3-7-15-14(11)12(2)16-13(18)6-9-17-8-4-10-19-17/h3,5,7,12H,4,6,8-10H2,1-2H3,(H,16,18)/t12-/m1/s1. The number of rotatable bonds is 5. The summed E-state index contributed by atoms with van der Waals surface area (Å²) in [4.78, 5) is 21.5. The maximum absolute atomic E-state index is 11.9. The smallest absolute Gasteiger partial charge is 0.221 e. The number of nitrogens with zero attached hydrogens (tertiary/aromatic N) is 2. The van der Waals surface area contributed by atoms with Gasteiger partial charge in [-0.25, -0.2) is 0 Å². The van der Waals surface area contributed by atoms with Gasteiger partial charge in [0.15, 0.2) is 0 Å². The van der Waals surface area contributed by atoms with Crippen LogP contribution in [0.1, 0.15) is 37.1 Å². The fourth-order valence-electron chi connectivity index (χ4n) is 2.23. The van der Waals surface area contributed by atoms with Crippen molar-refractivity contribution < 1.29 is 9.63 Å². The SMILES string of the molecule is Cc1cccnc1[C@@H](C)NC(=O)CCN1CCCO1. The maximum Gasteiger partial charge on any atom is 0.221 e. The van der Waals surface area contributed by atoms with Crippen LogP contribution in [0.4, 0.5) is 0 Å². The summed E-state index contributed by atoms with van der Waals surface area (Å²) in [6, 6.07) is 3.84. The molecule has 19 heavy (non-hydrogen) atoms. The number of amides is 1. The summed E-state index contributed by atoms with van der Waals surface area (Å²) in [5.41, 5.74) is 2.02. The zero-order valence-electron chi connectivity index (χ0n) is 11.6. The summed E-state index contributed by atoms with van der Waals surface area (Å²) >= 11 is 0. The van der Waals surface area contributed by atoms with Crippen molar-refractivity contribution in [2.24, 2.45) is 0 Å². The zero-order chi connectivity index (χ0) is 13.7. The van der Waals surface area contributed by atoms with Gasteiger partial charge in [0.25, 0.3) is 0 Å². The van der Waals surface area contributed by atoms with E-state index in [1.807, 2.05) is 31.0 Å². The Morgan fingerprint density at radius 2 is 2.47 bits per heavy atom. The zero-order valence-corrected chi connectivity index (χ0v) is 11.6. The molecule has 1 aromatic rings. The van der Waals surface area contributed by atoms with Crippen LogP contribution in [0.3, 0.4) is 0 Å². The van der Waals surface area contributed by atoms with Gasteiger partial charge in [-0.1, -0.05) is 6.07 Å². The second-order valence-corrected chi connectivity index (χ2v) is 4.86. The molecule has 0 bridgehead atoms. The lowest BCUT2D eigenvalue weighted by Gasteiger charge is -2.17. The molecule has 2 rings (SSSR count). The van der Waals surface area contributed by atoms with Gasteiger partial charge in [0.1, 0.15) is 0 Å². The van der Waals surface area contributed by atoms with Crippen LogP contribution in [-0.2, 0) is 9.63 Å². The van der Waals surface area contributed by atoms with Crippen LogP contribution in [0.5, 0.6) is 0 Å². The Morgan fingerprint density at radius 3 is 3.16 bits per heavy atom. The van der Waals surface area contributed by atoms with Gasteiger partial charge in [0, 0.05) is 25.7 Å². The third kappa shape index (κ3) is 4.01. The molecule has 2 heterocycles. The highest BCUT2D eigenvalue weighted by Gasteiger charge is 2.16. The number of carbonyl (C=O) groups is 1. The summed E-state index contributed by atoms with van der Waals surface area (Å²) < 4.78 is 0. The Bertz CT molecular complexity index is 430. The number of nitrogens with one attached hydrogen (secondary N) is 1. The number of hydrogen-bond acceptors (Lipinski definition) is 4. The highest BCUT2D eigenvalue weighted by atomic mass is 16.7. The van der Waals surface area contributed by atoms with Crippen LogP contribution in [0.25, 0.3) is 0 Å². The number of aryl methyl sites for hydroxylation is 1. The summed E-state index contributed by atoms with van der Waals surface area (Å²) in [5, 5.41) is 4.83. The molecule has 1 fully saturated rings. The minimum absolute atomic E-state index is 0.0352. The molecule has 0 spiro atoms. The van der Waals surface area contributed by atoms with E-state index in [0.29, 0.717) is 13.0 Å². The molecule has 1 aromatic heterocycles. The fourth-order valence-corrected chi connectivity index (χ4v) is 2.23. The van der Waals surface area contributed by atoms with Gasteiger partial charge in [-0.3, -0.25) is 14.6 Å². The quantitative estimate of drug-likeness (QED) is 0.876. The van der Waals surface area contributed by atoms with Crippen LogP contribution >= 0.6 is 0 Å². The average Bonchev–Trinajstić information content (AvgIpc) is 2.90. The van der Waals surface area contributed by atoms with Crippen molar-refractivity contribution in [1.82, 2.24) is 15.4 Å². The molecular formula is C14H21N3O2. The third-order valence-electron chi connectivity index (χ3n) is 3.25. The molecule has 0 aromatic carbocycles. The molecule has 0 radical (unpaired) electrons. The summed E-state index contributed by atoms with van der Waals surface area (Å²) in [5.74, 6) is 0.0352. The first-order chi connectivity index (χ1) is 9.16. The molecule has 1 amide bonds. The molecule has 0 unspecified atom stereocenters. The predicted molar refractivity (Wildman–Crippen MR) is 72.3 cm³/mol. The fraction of sp³-hybridized carbons (Fsp3) is 0.571. The van der Waals surface area contributed by atoms with Gasteiger partial charge >= 0.3 is 0 Å². The van der Waals surface area contributed by atoms with Crippen LogP contribution < -0.4 is 5.32 Å². The van der Waals surface area contributed by atoms with Crippen molar-refractivity contribution in [1.29, 1.82) is 0 Å². The molecule has 0 aliphatic carbocycles. The van der Waals surface area contributed by atoms with Gasteiger partial charge in [-0.05, 0) is 31.9 Å². The van der Waals surface area contributed by atoms with Crippen molar-refractivity contribution in [3.63, 3.8) is 0 Å². The van der Waals surface area contributed by atoms with Gasteiger partial charge < -0.3 is 5.32 Å². The third-order valence-corrected chi connectivity index (χ3v) is 3.25. The number of carbonyl (C=O) groups excluding carboxylic acids is 1. The van der Waals surface area contributed by atoms with Crippen LogP contribution in [0.15, 0.2) is 18.3 Å². The van der Waals surface area contributed by atoms with E-state index in [2.05, 4.69) is 10.3 Å². The van der Waals surface area contributed by atoms with Gasteiger partial charge in [-0.2, -0.15) is 5.06 Å². The first kappa shape index (κ1) is 14.0. The Morgan fingerprint density at radius 1 is 1.63 bits per heavy atom. The van der Waals surface area contributed by atoms with E-state index >= 15 is 0 Å². The molecule has 1 aliphatic rings. The van der Waals surface area contributed by atoms with Gasteiger partial charge in [-0.15, -0.1) is 0 Å². The Kier molecular flexibility index (Phi) is 4.87. The van der Waals surface area contributed by atoms with E-state index in [4.69, 9.17) is 4.84 Å². The first-order valence-corrected chi connectivity index (χ1v) is 6.75. The number of pyridine rings is 1. The monoisotopic (exact) mass is 263 g/mol. The molecular weight excluding hydrogens is 242 g/mol. The van der Waals surface area contributed by atoms with E-state index in [-0.39, 0.29) is 11.9 Å². The van der Waals surface area contributed by atoms with Crippen LogP contribution in [-0.4, -0.2) is 35.7 Å². The van der Waals surface area contributed by atoms with Crippen LogP contribution in [0, 0.1) is 6.92 Å². The Hall–Kier alpha value is -1.46. The lowest BCUT2D eigenvalue weighted by molar-refractivity contribution is -0.130. The molecule has 5 heteroatoms. The highest BCUT2D eigenvalue weighted by Crippen LogP contribution is 2.13. The minimum Gasteiger partial charge on any atom is -0.348 e. The lowest BCUT2D eigenvalue weighted by atomic mass is 10.1. The molecule has 0 saturated carbocycles. The van der Waals surface area contributed by atoms with Crippen molar-refractivity contribution in [2.75, 3.05) is 19.7 Å². The largest absolute Gasteiger partial charge is 0.348 e. The number of hydrogen-bond donors (Lipinski definition) is 1. The number of aromatic nitrogens is 1. The van der Waals surface area contributed by atoms with E-state index < -0.39 is 0 Å². The van der Waals surface area contributed by atoms with Crippen LogP contribution in [0.2, 0.25) is 0 Å². The molecule has 1 aliphatic heterocycles. The molecule has 1 N–H and O–H groups in total. The van der Waals surface area contributed by atoms with Crippen molar-refractivity contribution in [2.45, 2.75) is 32.7 Å². The second-order valence-electron chi connectivity index (χ2n) is 4.86. The highest BCUT2D eigenvalue weighted by molar-refractivity contribution is 5.76. The molecule has 104 valence electrons. The Balaban J connectivity index is 1.79. The van der Waals surface area contributed by atoms with Gasteiger partial charge in [0.05, 0.1) is 18.3 Å². The molecule has 1 atom stereocenters. The lowest BCUT2D eigenvalue weighted by Crippen LogP contribution is -2.31. The summed E-state index contributed by atoms with van der Waals surface area (Å²) in [6.45, 7) is 6.30. The van der Waals surface area contributed by atoms with E-state index in [0.717, 1.165) is 30.8 Å². The van der Waals surface area contributed by atoms with Crippen molar-refractivity contribution >= 4 is 5.91 Å². The van der Waals surface area contributed by atoms with E-state index in [1.54, 1.807) is 6.20 Å². The summed E-state index contributed by atoms with van der Waals surface area (Å²) in [7, 11) is 0. The topological polar surface area (TPSA) is 54.5 Å². The Labute approximate surface area is 113 Å². The number of hydroxylamine groups is 2. The predicted octanol–water partition coefficient (Wildman–Crippen LogP) is 1.59. The normalized spacial score (nSPS) is 17.4.